The lowest BCUT2D eigenvalue weighted by Crippen LogP contribution is -2.48. The fraction of sp³-hybridized carbons (Fsp3) is 0.379. The first-order chi connectivity index (χ1) is 17.7. The number of nitrogens with one attached hydrogen (secondary N) is 1. The molecule has 2 aromatic carbocycles. The second-order valence-electron chi connectivity index (χ2n) is 9.40. The van der Waals surface area contributed by atoms with Gasteiger partial charge in [0.25, 0.3) is 12.9 Å². The molecule has 1 N–H and O–H groups in total. The molecule has 36 heavy (non-hydrogen) atoms. The topological polar surface area (TPSA) is 83.1 Å². The SMILES string of the molecule is O=COCC1=C(COC=O)C2(C(Cc3ccc(C4CCOCC4)cc3)Nc3ccccc3)C=CC1O2. The number of para-hydroxylation sites is 1. The summed E-state index contributed by atoms with van der Waals surface area (Å²) >= 11 is 0. The van der Waals surface area contributed by atoms with Crippen molar-refractivity contribution in [2.45, 2.75) is 42.9 Å². The van der Waals surface area contributed by atoms with Gasteiger partial charge in [-0.2, -0.15) is 0 Å². The van der Waals surface area contributed by atoms with Crippen LogP contribution in [-0.4, -0.2) is 57.1 Å². The van der Waals surface area contributed by atoms with Crippen molar-refractivity contribution in [3.63, 3.8) is 0 Å². The van der Waals surface area contributed by atoms with Crippen molar-refractivity contribution in [3.8, 4) is 0 Å². The molecule has 0 amide bonds. The molecule has 0 saturated carbocycles. The van der Waals surface area contributed by atoms with Crippen LogP contribution in [0.4, 0.5) is 5.69 Å². The van der Waals surface area contributed by atoms with Crippen molar-refractivity contribution in [3.05, 3.63) is 89.0 Å². The third kappa shape index (κ3) is 4.94. The van der Waals surface area contributed by atoms with E-state index in [0.717, 1.165) is 42.9 Å². The summed E-state index contributed by atoms with van der Waals surface area (Å²) in [7, 11) is 0. The highest BCUT2D eigenvalue weighted by Gasteiger charge is 2.53. The Morgan fingerprint density at radius 1 is 0.972 bits per heavy atom. The van der Waals surface area contributed by atoms with Gasteiger partial charge in [0, 0.05) is 30.0 Å². The van der Waals surface area contributed by atoms with Crippen LogP contribution in [-0.2, 0) is 35.0 Å². The smallest absolute Gasteiger partial charge is 0.293 e. The molecule has 2 aromatic rings. The van der Waals surface area contributed by atoms with Crippen LogP contribution in [0.15, 0.2) is 77.9 Å². The predicted octanol–water partition coefficient (Wildman–Crippen LogP) is 3.95. The van der Waals surface area contributed by atoms with Crippen molar-refractivity contribution in [1.29, 1.82) is 0 Å². The van der Waals surface area contributed by atoms with Crippen molar-refractivity contribution >= 4 is 18.6 Å². The van der Waals surface area contributed by atoms with Crippen LogP contribution in [0.2, 0.25) is 0 Å². The van der Waals surface area contributed by atoms with Gasteiger partial charge in [-0.1, -0.05) is 48.5 Å². The fourth-order valence-corrected chi connectivity index (χ4v) is 5.56. The summed E-state index contributed by atoms with van der Waals surface area (Å²) in [5.41, 5.74) is 4.27. The minimum absolute atomic E-state index is 0.0670. The normalized spacial score (nSPS) is 23.9. The van der Waals surface area contributed by atoms with Gasteiger partial charge in [-0.05, 0) is 54.5 Å². The van der Waals surface area contributed by atoms with Gasteiger partial charge < -0.3 is 24.3 Å². The molecule has 3 aliphatic heterocycles. The maximum Gasteiger partial charge on any atom is 0.293 e. The Morgan fingerprint density at radius 2 is 1.69 bits per heavy atom. The zero-order valence-corrected chi connectivity index (χ0v) is 20.1. The van der Waals surface area contributed by atoms with Gasteiger partial charge in [0.15, 0.2) is 0 Å². The Labute approximate surface area is 211 Å². The Kier molecular flexibility index (Phi) is 7.49. The van der Waals surface area contributed by atoms with E-state index in [1.165, 1.54) is 11.1 Å². The summed E-state index contributed by atoms with van der Waals surface area (Å²) in [4.78, 5) is 22.0. The highest BCUT2D eigenvalue weighted by molar-refractivity contribution is 5.54. The lowest BCUT2D eigenvalue weighted by Gasteiger charge is -2.37. The van der Waals surface area contributed by atoms with E-state index in [4.69, 9.17) is 18.9 Å². The number of benzene rings is 2. The van der Waals surface area contributed by atoms with Gasteiger partial charge in [0.1, 0.15) is 24.9 Å². The van der Waals surface area contributed by atoms with Crippen molar-refractivity contribution in [2.75, 3.05) is 31.7 Å². The first-order valence-corrected chi connectivity index (χ1v) is 12.4. The van der Waals surface area contributed by atoms with E-state index in [1.807, 2.05) is 42.5 Å². The van der Waals surface area contributed by atoms with E-state index >= 15 is 0 Å². The van der Waals surface area contributed by atoms with Crippen molar-refractivity contribution in [1.82, 2.24) is 0 Å². The highest BCUT2D eigenvalue weighted by atomic mass is 16.5. The molecule has 188 valence electrons. The molecule has 3 atom stereocenters. The van der Waals surface area contributed by atoms with Crippen LogP contribution < -0.4 is 5.32 Å². The Bertz CT molecular complexity index is 1110. The zero-order valence-electron chi connectivity index (χ0n) is 20.1. The molecule has 3 unspecified atom stereocenters. The van der Waals surface area contributed by atoms with E-state index in [2.05, 4.69) is 29.6 Å². The first kappa shape index (κ1) is 24.3. The van der Waals surface area contributed by atoms with Gasteiger partial charge >= 0.3 is 0 Å². The van der Waals surface area contributed by atoms with E-state index in [1.54, 1.807) is 0 Å². The number of ether oxygens (including phenoxy) is 4. The summed E-state index contributed by atoms with van der Waals surface area (Å²) < 4.78 is 22.4. The number of fused-ring (bicyclic) bond motifs is 2. The highest BCUT2D eigenvalue weighted by Crippen LogP contribution is 2.47. The largest absolute Gasteiger partial charge is 0.463 e. The maximum absolute atomic E-state index is 11.1. The molecule has 7 heteroatoms. The average Bonchev–Trinajstić information content (AvgIpc) is 3.50. The average molecular weight is 490 g/mol. The minimum atomic E-state index is -0.843. The van der Waals surface area contributed by atoms with Crippen LogP contribution in [0.25, 0.3) is 0 Å². The predicted molar refractivity (Wildman–Crippen MR) is 135 cm³/mol. The molecule has 2 bridgehead atoms. The van der Waals surface area contributed by atoms with Crippen molar-refractivity contribution in [2.24, 2.45) is 0 Å². The van der Waals surface area contributed by atoms with E-state index in [9.17, 15) is 9.59 Å². The van der Waals surface area contributed by atoms with Crippen LogP contribution in [0.3, 0.4) is 0 Å². The van der Waals surface area contributed by atoms with E-state index in [0.29, 0.717) is 25.3 Å². The quantitative estimate of drug-likeness (QED) is 0.357. The molecule has 0 aliphatic carbocycles. The molecule has 1 fully saturated rings. The summed E-state index contributed by atoms with van der Waals surface area (Å²) in [5.74, 6) is 0.539. The summed E-state index contributed by atoms with van der Waals surface area (Å²) in [6.45, 7) is 2.65. The minimum Gasteiger partial charge on any atom is -0.463 e. The monoisotopic (exact) mass is 489 g/mol. The number of anilines is 1. The molecule has 3 aliphatic rings. The Morgan fingerprint density at radius 3 is 2.42 bits per heavy atom. The van der Waals surface area contributed by atoms with Gasteiger partial charge in [0.2, 0.25) is 0 Å². The van der Waals surface area contributed by atoms with E-state index < -0.39 is 5.60 Å². The molecule has 5 rings (SSSR count). The Hall–Kier alpha value is -3.42. The summed E-state index contributed by atoms with van der Waals surface area (Å²) in [5, 5.41) is 3.67. The number of rotatable bonds is 12. The molecule has 0 aromatic heterocycles. The fourth-order valence-electron chi connectivity index (χ4n) is 5.56. The second-order valence-corrected chi connectivity index (χ2v) is 9.40. The lowest BCUT2D eigenvalue weighted by atomic mass is 9.79. The third-order valence-corrected chi connectivity index (χ3v) is 7.39. The molecule has 0 radical (unpaired) electrons. The second kappa shape index (κ2) is 11.1. The van der Waals surface area contributed by atoms with Crippen LogP contribution in [0.1, 0.15) is 29.9 Å². The number of carbonyl (C=O) groups excluding carboxylic acids is 2. The van der Waals surface area contributed by atoms with Gasteiger partial charge in [-0.3, -0.25) is 9.59 Å². The molecule has 3 heterocycles. The van der Waals surface area contributed by atoms with E-state index in [-0.39, 0.29) is 25.4 Å². The van der Waals surface area contributed by atoms with Gasteiger partial charge in [-0.25, -0.2) is 0 Å². The van der Waals surface area contributed by atoms with Crippen LogP contribution in [0, 0.1) is 0 Å². The molecular weight excluding hydrogens is 458 g/mol. The summed E-state index contributed by atoms with van der Waals surface area (Å²) in [6.07, 6.45) is 6.48. The van der Waals surface area contributed by atoms with Gasteiger partial charge in [-0.15, -0.1) is 0 Å². The zero-order chi connectivity index (χ0) is 24.8. The number of hydrogen-bond donors (Lipinski definition) is 1. The standard InChI is InChI=1S/C29H31NO6/c31-19-34-17-25-26(18-35-20-32)29(13-10-27(25)36-29)28(30-24-4-2-1-3-5-24)16-21-6-8-22(9-7-21)23-11-14-33-15-12-23/h1-10,13,19-20,23,27-28,30H,11-12,14-18H2. The first-order valence-electron chi connectivity index (χ1n) is 12.4. The number of hydrogen-bond acceptors (Lipinski definition) is 7. The van der Waals surface area contributed by atoms with Crippen molar-refractivity contribution < 1.29 is 28.5 Å². The van der Waals surface area contributed by atoms with Crippen LogP contribution in [0.5, 0.6) is 0 Å². The molecular formula is C29H31NO6. The molecule has 7 nitrogen and oxygen atoms in total. The summed E-state index contributed by atoms with van der Waals surface area (Å²) in [6, 6.07) is 18.6. The molecule has 1 saturated heterocycles. The van der Waals surface area contributed by atoms with Gasteiger partial charge in [0.05, 0.1) is 6.04 Å². The molecule has 0 spiro atoms. The maximum atomic E-state index is 11.1. The van der Waals surface area contributed by atoms with Crippen LogP contribution >= 0.6 is 0 Å². The Balaban J connectivity index is 1.45. The lowest BCUT2D eigenvalue weighted by molar-refractivity contribution is -0.129. The number of carbonyl (C=O) groups is 2. The third-order valence-electron chi connectivity index (χ3n) is 7.39.